The Kier molecular flexibility index (Phi) is 4.88. The molecule has 23 heavy (non-hydrogen) atoms. The zero-order chi connectivity index (χ0) is 16.4. The first-order valence-electron chi connectivity index (χ1n) is 7.04. The van der Waals surface area contributed by atoms with E-state index in [1.807, 2.05) is 6.92 Å². The molecule has 1 amide bonds. The molecule has 0 aliphatic heterocycles. The monoisotopic (exact) mass is 365 g/mol. The molecule has 0 aromatic carbocycles. The van der Waals surface area contributed by atoms with Crippen LogP contribution in [0.3, 0.4) is 0 Å². The minimum Gasteiger partial charge on any atom is -0.300 e. The molecule has 0 spiro atoms. The zero-order valence-electron chi connectivity index (χ0n) is 12.9. The molecule has 3 rings (SSSR count). The van der Waals surface area contributed by atoms with Crippen LogP contribution in [0.2, 0.25) is 0 Å². The highest BCUT2D eigenvalue weighted by molar-refractivity contribution is 8.00. The molecule has 0 fully saturated rings. The number of aromatic nitrogens is 4. The van der Waals surface area contributed by atoms with Crippen LogP contribution in [0.25, 0.3) is 10.2 Å². The van der Waals surface area contributed by atoms with Crippen LogP contribution >= 0.6 is 34.4 Å². The molecule has 0 unspecified atom stereocenters. The summed E-state index contributed by atoms with van der Waals surface area (Å²) in [6.45, 7) is 6.15. The Hall–Kier alpha value is -1.58. The second-order valence-electron chi connectivity index (χ2n) is 4.83. The highest BCUT2D eigenvalue weighted by atomic mass is 32.2. The maximum absolute atomic E-state index is 12.1. The van der Waals surface area contributed by atoms with E-state index < -0.39 is 0 Å². The third-order valence-corrected chi connectivity index (χ3v) is 6.37. The van der Waals surface area contributed by atoms with Gasteiger partial charge in [0.15, 0.2) is 0 Å². The number of amides is 1. The minimum absolute atomic E-state index is 0.106. The lowest BCUT2D eigenvalue weighted by molar-refractivity contribution is -0.113. The highest BCUT2D eigenvalue weighted by Crippen LogP contribution is 2.34. The maximum Gasteiger partial charge on any atom is 0.236 e. The van der Waals surface area contributed by atoms with Crippen LogP contribution in [0, 0.1) is 13.8 Å². The van der Waals surface area contributed by atoms with Gasteiger partial charge in [-0.2, -0.15) is 0 Å². The Morgan fingerprint density at radius 3 is 2.83 bits per heavy atom. The minimum atomic E-state index is -0.106. The summed E-state index contributed by atoms with van der Waals surface area (Å²) in [5.41, 5.74) is 1.19. The Balaban J connectivity index is 1.69. The van der Waals surface area contributed by atoms with Gasteiger partial charge < -0.3 is 0 Å². The summed E-state index contributed by atoms with van der Waals surface area (Å²) in [7, 11) is 0. The number of aryl methyl sites for hydroxylation is 3. The summed E-state index contributed by atoms with van der Waals surface area (Å²) in [5, 5.41) is 14.1. The van der Waals surface area contributed by atoms with Gasteiger partial charge in [0.25, 0.3) is 0 Å². The standard InChI is InChI=1S/C14H15N5OS3/c1-4-10-18-19-14(23-10)17-9(20)5-21-12-11-7(2)8(3)22-13(11)16-6-15-12/h6H,4-5H2,1-3H3,(H,17,19,20). The second kappa shape index (κ2) is 6.90. The normalized spacial score (nSPS) is 11.1. The number of fused-ring (bicyclic) bond motifs is 1. The van der Waals surface area contributed by atoms with Crippen molar-refractivity contribution in [1.29, 1.82) is 0 Å². The van der Waals surface area contributed by atoms with Crippen LogP contribution in [0.4, 0.5) is 5.13 Å². The van der Waals surface area contributed by atoms with Crippen molar-refractivity contribution in [3.05, 3.63) is 21.8 Å². The molecule has 0 aliphatic carbocycles. The number of carbonyl (C=O) groups excluding carboxylic acids is 1. The molecular weight excluding hydrogens is 350 g/mol. The van der Waals surface area contributed by atoms with Crippen molar-refractivity contribution in [3.8, 4) is 0 Å². The van der Waals surface area contributed by atoms with Gasteiger partial charge in [-0.05, 0) is 25.8 Å². The number of carbonyl (C=O) groups is 1. The summed E-state index contributed by atoms with van der Waals surface area (Å²) in [4.78, 5) is 22.9. The smallest absolute Gasteiger partial charge is 0.236 e. The molecule has 0 aliphatic rings. The second-order valence-corrected chi connectivity index (χ2v) is 8.06. The van der Waals surface area contributed by atoms with Gasteiger partial charge in [-0.25, -0.2) is 9.97 Å². The molecule has 3 heterocycles. The van der Waals surface area contributed by atoms with Crippen LogP contribution in [0.15, 0.2) is 11.4 Å². The predicted molar refractivity (Wildman–Crippen MR) is 95.5 cm³/mol. The molecule has 0 bridgehead atoms. The van der Waals surface area contributed by atoms with Crippen molar-refractivity contribution in [3.63, 3.8) is 0 Å². The summed E-state index contributed by atoms with van der Waals surface area (Å²) >= 11 is 4.47. The van der Waals surface area contributed by atoms with E-state index in [0.717, 1.165) is 26.7 Å². The van der Waals surface area contributed by atoms with Crippen molar-refractivity contribution in [2.24, 2.45) is 0 Å². The number of hydrogen-bond acceptors (Lipinski definition) is 8. The number of thioether (sulfide) groups is 1. The quantitative estimate of drug-likeness (QED) is 0.551. The van der Waals surface area contributed by atoms with E-state index in [1.165, 1.54) is 33.5 Å². The van der Waals surface area contributed by atoms with Crippen molar-refractivity contribution in [2.45, 2.75) is 32.2 Å². The summed E-state index contributed by atoms with van der Waals surface area (Å²) in [6.07, 6.45) is 2.37. The SMILES string of the molecule is CCc1nnc(NC(=O)CSc2ncnc3sc(C)c(C)c23)s1. The summed E-state index contributed by atoms with van der Waals surface area (Å²) in [5.74, 6) is 0.173. The first kappa shape index (κ1) is 16.3. The van der Waals surface area contributed by atoms with Gasteiger partial charge >= 0.3 is 0 Å². The van der Waals surface area contributed by atoms with Gasteiger partial charge in [0.1, 0.15) is 21.2 Å². The Morgan fingerprint density at radius 1 is 1.26 bits per heavy atom. The van der Waals surface area contributed by atoms with E-state index in [2.05, 4.69) is 39.3 Å². The molecule has 0 atom stereocenters. The maximum atomic E-state index is 12.1. The zero-order valence-corrected chi connectivity index (χ0v) is 15.4. The van der Waals surface area contributed by atoms with E-state index in [-0.39, 0.29) is 11.7 Å². The number of thiophene rings is 1. The average molecular weight is 366 g/mol. The number of rotatable bonds is 5. The fraction of sp³-hybridized carbons (Fsp3) is 0.357. The van der Waals surface area contributed by atoms with Gasteiger partial charge in [0.05, 0.1) is 5.75 Å². The largest absolute Gasteiger partial charge is 0.300 e. The fourth-order valence-corrected chi connectivity index (χ4v) is 4.61. The van der Waals surface area contributed by atoms with Crippen LogP contribution in [-0.2, 0) is 11.2 Å². The van der Waals surface area contributed by atoms with E-state index in [0.29, 0.717) is 5.13 Å². The molecule has 120 valence electrons. The molecule has 6 nitrogen and oxygen atoms in total. The number of hydrogen-bond donors (Lipinski definition) is 1. The molecular formula is C14H15N5OS3. The number of nitrogens with zero attached hydrogens (tertiary/aromatic N) is 4. The van der Waals surface area contributed by atoms with Gasteiger partial charge in [0.2, 0.25) is 11.0 Å². The summed E-state index contributed by atoms with van der Waals surface area (Å²) < 4.78 is 0. The van der Waals surface area contributed by atoms with E-state index >= 15 is 0 Å². The average Bonchev–Trinajstić information content (AvgIpc) is 3.10. The molecule has 3 aromatic rings. The Bertz CT molecular complexity index is 857. The van der Waals surface area contributed by atoms with Crippen LogP contribution in [-0.4, -0.2) is 31.8 Å². The van der Waals surface area contributed by atoms with Crippen LogP contribution in [0.1, 0.15) is 22.4 Å². The lowest BCUT2D eigenvalue weighted by Gasteiger charge is -2.03. The lowest BCUT2D eigenvalue weighted by atomic mass is 10.2. The first-order valence-corrected chi connectivity index (χ1v) is 9.66. The molecule has 0 saturated carbocycles. The fourth-order valence-electron chi connectivity index (χ4n) is 2.00. The van der Waals surface area contributed by atoms with Crippen molar-refractivity contribution in [1.82, 2.24) is 20.2 Å². The van der Waals surface area contributed by atoms with Crippen molar-refractivity contribution < 1.29 is 4.79 Å². The van der Waals surface area contributed by atoms with Gasteiger partial charge in [-0.3, -0.25) is 10.1 Å². The Morgan fingerprint density at radius 2 is 2.09 bits per heavy atom. The first-order chi connectivity index (χ1) is 11.1. The molecule has 1 N–H and O–H groups in total. The number of nitrogens with one attached hydrogen (secondary N) is 1. The highest BCUT2D eigenvalue weighted by Gasteiger charge is 2.14. The third-order valence-electron chi connectivity index (χ3n) is 3.29. The molecule has 0 saturated heterocycles. The van der Waals surface area contributed by atoms with Crippen molar-refractivity contribution >= 4 is 55.7 Å². The van der Waals surface area contributed by atoms with Gasteiger partial charge in [0, 0.05) is 10.3 Å². The third kappa shape index (κ3) is 3.51. The summed E-state index contributed by atoms with van der Waals surface area (Å²) in [6, 6.07) is 0. The van der Waals surface area contributed by atoms with Gasteiger partial charge in [-0.1, -0.05) is 30.0 Å². The molecule has 9 heteroatoms. The molecule has 0 radical (unpaired) electrons. The van der Waals surface area contributed by atoms with Crippen LogP contribution < -0.4 is 5.32 Å². The predicted octanol–water partition coefficient (Wildman–Crippen LogP) is 3.45. The Labute approximate surface area is 145 Å². The van der Waals surface area contributed by atoms with Crippen LogP contribution in [0.5, 0.6) is 0 Å². The van der Waals surface area contributed by atoms with E-state index in [9.17, 15) is 4.79 Å². The number of anilines is 1. The topological polar surface area (TPSA) is 80.7 Å². The molecule has 3 aromatic heterocycles. The van der Waals surface area contributed by atoms with Crippen molar-refractivity contribution in [2.75, 3.05) is 11.1 Å². The van der Waals surface area contributed by atoms with Gasteiger partial charge in [-0.15, -0.1) is 21.5 Å². The van der Waals surface area contributed by atoms with E-state index in [1.54, 1.807) is 17.7 Å². The van der Waals surface area contributed by atoms with E-state index in [4.69, 9.17) is 0 Å². The lowest BCUT2D eigenvalue weighted by Crippen LogP contribution is -2.14.